The maximum absolute atomic E-state index is 12.5. The third-order valence-corrected chi connectivity index (χ3v) is 5.21. The second kappa shape index (κ2) is 8.99. The van der Waals surface area contributed by atoms with Crippen LogP contribution in [0.4, 0.5) is 5.69 Å². The van der Waals surface area contributed by atoms with Crippen LogP contribution in [0.2, 0.25) is 0 Å². The highest BCUT2D eigenvalue weighted by molar-refractivity contribution is 5.92. The molecular weight excluding hydrogens is 314 g/mol. The Balaban J connectivity index is 1.81. The standard InChI is InChI=1S/C20H31N3O2/c1-14-9-11-17(12-10-14)21-19(24)13-23(4)16(3)20(25)22-18-8-6-5-7-15(18)2/h9-12,15-16,18H,5-8,13H2,1-4H3,(H,21,24)(H,22,25). The molecule has 138 valence electrons. The molecule has 2 rings (SSSR count). The Morgan fingerprint density at radius 3 is 2.48 bits per heavy atom. The van der Waals surface area contributed by atoms with E-state index in [9.17, 15) is 9.59 Å². The second-order valence-corrected chi connectivity index (χ2v) is 7.38. The van der Waals surface area contributed by atoms with Gasteiger partial charge in [-0.15, -0.1) is 0 Å². The van der Waals surface area contributed by atoms with Crippen LogP contribution >= 0.6 is 0 Å². The molecule has 0 spiro atoms. The van der Waals surface area contributed by atoms with Gasteiger partial charge >= 0.3 is 0 Å². The predicted molar refractivity (Wildman–Crippen MR) is 101 cm³/mol. The van der Waals surface area contributed by atoms with Crippen LogP contribution in [-0.4, -0.2) is 42.4 Å². The zero-order valence-corrected chi connectivity index (χ0v) is 15.8. The Labute approximate surface area is 151 Å². The summed E-state index contributed by atoms with van der Waals surface area (Å²) in [6.45, 7) is 6.24. The molecule has 0 bridgehead atoms. The van der Waals surface area contributed by atoms with Crippen LogP contribution in [0.5, 0.6) is 0 Å². The van der Waals surface area contributed by atoms with Gasteiger partial charge in [0.1, 0.15) is 0 Å². The molecule has 3 unspecified atom stereocenters. The molecule has 0 aromatic heterocycles. The van der Waals surface area contributed by atoms with E-state index in [1.807, 2.05) is 45.2 Å². The molecule has 0 radical (unpaired) electrons. The molecule has 0 heterocycles. The summed E-state index contributed by atoms with van der Waals surface area (Å²) in [6.07, 6.45) is 4.66. The van der Waals surface area contributed by atoms with Gasteiger partial charge in [-0.05, 0) is 51.8 Å². The van der Waals surface area contributed by atoms with Gasteiger partial charge in [0.15, 0.2) is 0 Å². The number of carbonyl (C=O) groups excluding carboxylic acids is 2. The minimum absolute atomic E-state index is 0.00406. The van der Waals surface area contributed by atoms with Gasteiger partial charge in [-0.3, -0.25) is 14.5 Å². The highest BCUT2D eigenvalue weighted by atomic mass is 16.2. The van der Waals surface area contributed by atoms with Gasteiger partial charge in [0.05, 0.1) is 12.6 Å². The van der Waals surface area contributed by atoms with E-state index < -0.39 is 0 Å². The molecule has 0 saturated heterocycles. The second-order valence-electron chi connectivity index (χ2n) is 7.38. The average Bonchev–Trinajstić information content (AvgIpc) is 2.58. The van der Waals surface area contributed by atoms with Gasteiger partial charge in [0, 0.05) is 11.7 Å². The topological polar surface area (TPSA) is 61.4 Å². The summed E-state index contributed by atoms with van der Waals surface area (Å²) in [7, 11) is 1.81. The largest absolute Gasteiger partial charge is 0.352 e. The Kier molecular flexibility index (Phi) is 7.00. The summed E-state index contributed by atoms with van der Waals surface area (Å²) in [5.41, 5.74) is 1.93. The summed E-state index contributed by atoms with van der Waals surface area (Å²) in [4.78, 5) is 26.5. The maximum atomic E-state index is 12.5. The Morgan fingerprint density at radius 1 is 1.20 bits per heavy atom. The number of hydrogen-bond donors (Lipinski definition) is 2. The molecule has 3 atom stereocenters. The van der Waals surface area contributed by atoms with Gasteiger partial charge in [-0.1, -0.05) is 37.5 Å². The van der Waals surface area contributed by atoms with Crippen LogP contribution in [0.3, 0.4) is 0 Å². The molecule has 2 amide bonds. The molecule has 0 aliphatic heterocycles. The molecular formula is C20H31N3O2. The molecule has 5 heteroatoms. The quantitative estimate of drug-likeness (QED) is 0.833. The molecule has 1 aliphatic rings. The first kappa shape index (κ1) is 19.4. The summed E-state index contributed by atoms with van der Waals surface area (Å²) < 4.78 is 0. The highest BCUT2D eigenvalue weighted by Gasteiger charge is 2.26. The Bertz CT molecular complexity index is 585. The van der Waals surface area contributed by atoms with Gasteiger partial charge in [0.25, 0.3) is 0 Å². The zero-order valence-electron chi connectivity index (χ0n) is 15.8. The van der Waals surface area contributed by atoms with Crippen LogP contribution in [0.15, 0.2) is 24.3 Å². The van der Waals surface area contributed by atoms with E-state index in [1.165, 1.54) is 19.3 Å². The SMILES string of the molecule is Cc1ccc(NC(=O)CN(C)C(C)C(=O)NC2CCCCC2C)cc1. The highest BCUT2D eigenvalue weighted by Crippen LogP contribution is 2.23. The molecule has 1 aromatic carbocycles. The van der Waals surface area contributed by atoms with Crippen LogP contribution in [0, 0.1) is 12.8 Å². The van der Waals surface area contributed by atoms with E-state index in [1.54, 1.807) is 4.90 Å². The van der Waals surface area contributed by atoms with Crippen LogP contribution < -0.4 is 10.6 Å². The normalized spacial score (nSPS) is 21.6. The number of anilines is 1. The van der Waals surface area contributed by atoms with E-state index >= 15 is 0 Å². The van der Waals surface area contributed by atoms with Crippen molar-refractivity contribution < 1.29 is 9.59 Å². The number of rotatable bonds is 6. The van der Waals surface area contributed by atoms with E-state index in [-0.39, 0.29) is 30.4 Å². The van der Waals surface area contributed by atoms with Crippen molar-refractivity contribution in [2.45, 2.75) is 58.5 Å². The lowest BCUT2D eigenvalue weighted by Gasteiger charge is -2.32. The minimum Gasteiger partial charge on any atom is -0.352 e. The molecule has 25 heavy (non-hydrogen) atoms. The van der Waals surface area contributed by atoms with E-state index in [0.717, 1.165) is 17.7 Å². The number of likely N-dealkylation sites (N-methyl/N-ethyl adjacent to an activating group) is 1. The fourth-order valence-corrected chi connectivity index (χ4v) is 3.24. The van der Waals surface area contributed by atoms with Gasteiger partial charge in [0.2, 0.25) is 11.8 Å². The molecule has 1 aromatic rings. The number of carbonyl (C=O) groups is 2. The Morgan fingerprint density at radius 2 is 1.84 bits per heavy atom. The number of hydrogen-bond acceptors (Lipinski definition) is 3. The average molecular weight is 345 g/mol. The molecule has 1 fully saturated rings. The number of nitrogens with zero attached hydrogens (tertiary/aromatic N) is 1. The van der Waals surface area contributed by atoms with Crippen LogP contribution in [0.25, 0.3) is 0 Å². The molecule has 2 N–H and O–H groups in total. The first-order chi connectivity index (χ1) is 11.9. The predicted octanol–water partition coefficient (Wildman–Crippen LogP) is 2.95. The lowest BCUT2D eigenvalue weighted by atomic mass is 9.86. The fourth-order valence-electron chi connectivity index (χ4n) is 3.24. The van der Waals surface area contributed by atoms with Crippen molar-refractivity contribution in [1.29, 1.82) is 0 Å². The van der Waals surface area contributed by atoms with Crippen LogP contribution in [0.1, 0.15) is 45.1 Å². The first-order valence-corrected chi connectivity index (χ1v) is 9.24. The zero-order chi connectivity index (χ0) is 18.4. The maximum Gasteiger partial charge on any atom is 0.238 e. The lowest BCUT2D eigenvalue weighted by Crippen LogP contribution is -2.50. The van der Waals surface area contributed by atoms with Crippen molar-refractivity contribution in [3.8, 4) is 0 Å². The summed E-state index contributed by atoms with van der Waals surface area (Å²) >= 11 is 0. The third-order valence-electron chi connectivity index (χ3n) is 5.21. The van der Waals surface area contributed by atoms with Crippen molar-refractivity contribution >= 4 is 17.5 Å². The van der Waals surface area contributed by atoms with E-state index in [0.29, 0.717) is 5.92 Å². The first-order valence-electron chi connectivity index (χ1n) is 9.24. The van der Waals surface area contributed by atoms with Crippen molar-refractivity contribution in [2.24, 2.45) is 5.92 Å². The van der Waals surface area contributed by atoms with E-state index in [4.69, 9.17) is 0 Å². The minimum atomic E-state index is -0.335. The monoisotopic (exact) mass is 345 g/mol. The van der Waals surface area contributed by atoms with Crippen molar-refractivity contribution in [3.05, 3.63) is 29.8 Å². The van der Waals surface area contributed by atoms with Crippen LogP contribution in [-0.2, 0) is 9.59 Å². The van der Waals surface area contributed by atoms with Gasteiger partial charge in [-0.25, -0.2) is 0 Å². The Hall–Kier alpha value is -1.88. The number of benzene rings is 1. The van der Waals surface area contributed by atoms with E-state index in [2.05, 4.69) is 17.6 Å². The fraction of sp³-hybridized carbons (Fsp3) is 0.600. The molecule has 1 saturated carbocycles. The van der Waals surface area contributed by atoms with Crippen molar-refractivity contribution in [2.75, 3.05) is 18.9 Å². The smallest absolute Gasteiger partial charge is 0.238 e. The summed E-state index contributed by atoms with van der Waals surface area (Å²) in [6, 6.07) is 7.61. The van der Waals surface area contributed by atoms with Crippen molar-refractivity contribution in [1.82, 2.24) is 10.2 Å². The number of nitrogens with one attached hydrogen (secondary N) is 2. The molecule has 5 nitrogen and oxygen atoms in total. The summed E-state index contributed by atoms with van der Waals surface area (Å²) in [5.74, 6) is 0.418. The number of aryl methyl sites for hydroxylation is 1. The molecule has 1 aliphatic carbocycles. The van der Waals surface area contributed by atoms with Crippen molar-refractivity contribution in [3.63, 3.8) is 0 Å². The third kappa shape index (κ3) is 5.85. The lowest BCUT2D eigenvalue weighted by molar-refractivity contribution is -0.127. The number of amides is 2. The van der Waals surface area contributed by atoms with Gasteiger partial charge in [-0.2, -0.15) is 0 Å². The summed E-state index contributed by atoms with van der Waals surface area (Å²) in [5, 5.41) is 6.04. The van der Waals surface area contributed by atoms with Gasteiger partial charge < -0.3 is 10.6 Å².